The van der Waals surface area contributed by atoms with Crippen molar-refractivity contribution in [3.63, 3.8) is 0 Å². The number of carbonyl (C=O) groups excluding carboxylic acids is 1. The number of amides is 1. The number of aromatic nitrogens is 1. The van der Waals surface area contributed by atoms with E-state index in [1.165, 1.54) is 17.5 Å². The summed E-state index contributed by atoms with van der Waals surface area (Å²) in [6.45, 7) is 4.82. The lowest BCUT2D eigenvalue weighted by Gasteiger charge is -2.24. The van der Waals surface area contributed by atoms with Crippen LogP contribution < -0.4 is 10.2 Å². The van der Waals surface area contributed by atoms with Crippen molar-refractivity contribution < 1.29 is 4.79 Å². The zero-order chi connectivity index (χ0) is 19.3. The molecule has 5 heteroatoms. The molecule has 148 valence electrons. The molecule has 1 aromatic heterocycles. The van der Waals surface area contributed by atoms with Gasteiger partial charge < -0.3 is 15.1 Å². The largest absolute Gasteiger partial charge is 0.355 e. The molecule has 1 N–H and O–H groups in total. The van der Waals surface area contributed by atoms with Crippen LogP contribution in [0.3, 0.4) is 0 Å². The van der Waals surface area contributed by atoms with Gasteiger partial charge in [0.05, 0.1) is 5.92 Å². The third-order valence-corrected chi connectivity index (χ3v) is 6.01. The standard InChI is InChI=1S/C23H30N4O/c1-26-12-5-13-27(15-14-26)22-11-10-18(16-24-22)17-25-23(28)21-9-4-7-19-6-2-3-8-20(19)21/h2-3,6,8,10-11,16,21H,4-5,7,9,12-15,17H2,1H3,(H,25,28)/t21-/m1/s1. The highest BCUT2D eigenvalue weighted by Gasteiger charge is 2.25. The number of pyridine rings is 1. The number of benzene rings is 1. The van der Waals surface area contributed by atoms with E-state index in [0.29, 0.717) is 6.54 Å². The summed E-state index contributed by atoms with van der Waals surface area (Å²) in [7, 11) is 2.17. The van der Waals surface area contributed by atoms with Gasteiger partial charge in [0.25, 0.3) is 0 Å². The minimum Gasteiger partial charge on any atom is -0.355 e. The SMILES string of the molecule is CN1CCCN(c2ccc(CNC(=O)[C@@H]3CCCc4ccccc43)cn2)CC1. The third-order valence-electron chi connectivity index (χ3n) is 6.01. The average molecular weight is 379 g/mol. The Balaban J connectivity index is 1.35. The van der Waals surface area contributed by atoms with Crippen molar-refractivity contribution in [3.05, 3.63) is 59.3 Å². The fourth-order valence-electron chi connectivity index (χ4n) is 4.32. The molecule has 2 heterocycles. The molecule has 0 bridgehead atoms. The molecule has 1 atom stereocenters. The van der Waals surface area contributed by atoms with Gasteiger partial charge in [-0.05, 0) is 62.0 Å². The van der Waals surface area contributed by atoms with Gasteiger partial charge in [0.2, 0.25) is 5.91 Å². The van der Waals surface area contributed by atoms with Gasteiger partial charge in [-0.15, -0.1) is 0 Å². The molecular formula is C23H30N4O. The Morgan fingerprint density at radius 1 is 1.11 bits per heavy atom. The monoisotopic (exact) mass is 378 g/mol. The van der Waals surface area contributed by atoms with Gasteiger partial charge in [0.15, 0.2) is 0 Å². The molecule has 2 aliphatic rings. The quantitative estimate of drug-likeness (QED) is 0.889. The Morgan fingerprint density at radius 3 is 2.86 bits per heavy atom. The minimum atomic E-state index is -0.0220. The molecule has 28 heavy (non-hydrogen) atoms. The van der Waals surface area contributed by atoms with Crippen LogP contribution in [0, 0.1) is 0 Å². The Kier molecular flexibility index (Phi) is 5.91. The number of hydrogen-bond acceptors (Lipinski definition) is 4. The van der Waals surface area contributed by atoms with E-state index in [4.69, 9.17) is 0 Å². The Hall–Kier alpha value is -2.40. The zero-order valence-corrected chi connectivity index (χ0v) is 16.7. The van der Waals surface area contributed by atoms with Gasteiger partial charge in [-0.3, -0.25) is 4.79 Å². The van der Waals surface area contributed by atoms with Crippen LogP contribution in [0.15, 0.2) is 42.6 Å². The highest BCUT2D eigenvalue weighted by Crippen LogP contribution is 2.31. The normalized spacial score (nSPS) is 20.3. The van der Waals surface area contributed by atoms with E-state index in [0.717, 1.165) is 56.8 Å². The Bertz CT molecular complexity index is 805. The lowest BCUT2D eigenvalue weighted by Crippen LogP contribution is -2.31. The molecule has 1 amide bonds. The molecule has 1 saturated heterocycles. The Morgan fingerprint density at radius 2 is 2.00 bits per heavy atom. The number of carbonyl (C=O) groups is 1. The minimum absolute atomic E-state index is 0.0220. The highest BCUT2D eigenvalue weighted by molar-refractivity contribution is 5.84. The van der Waals surface area contributed by atoms with Gasteiger partial charge in [0.1, 0.15) is 5.82 Å². The maximum Gasteiger partial charge on any atom is 0.227 e. The molecule has 5 nitrogen and oxygen atoms in total. The molecule has 1 fully saturated rings. The first-order valence-corrected chi connectivity index (χ1v) is 10.4. The van der Waals surface area contributed by atoms with Crippen LogP contribution in [0.1, 0.15) is 41.9 Å². The fraction of sp³-hybridized carbons (Fsp3) is 0.478. The van der Waals surface area contributed by atoms with E-state index in [-0.39, 0.29) is 11.8 Å². The topological polar surface area (TPSA) is 48.5 Å². The number of nitrogens with zero attached hydrogens (tertiary/aromatic N) is 3. The summed E-state index contributed by atoms with van der Waals surface area (Å²) in [6, 6.07) is 12.5. The van der Waals surface area contributed by atoms with E-state index in [1.54, 1.807) is 0 Å². The second kappa shape index (κ2) is 8.74. The van der Waals surface area contributed by atoms with Crippen molar-refractivity contribution in [1.29, 1.82) is 0 Å². The first-order chi connectivity index (χ1) is 13.7. The lowest BCUT2D eigenvalue weighted by molar-refractivity contribution is -0.123. The molecule has 1 aliphatic carbocycles. The van der Waals surface area contributed by atoms with Crippen molar-refractivity contribution in [2.24, 2.45) is 0 Å². The number of rotatable bonds is 4. The summed E-state index contributed by atoms with van der Waals surface area (Å²) in [5.74, 6) is 1.14. The smallest absolute Gasteiger partial charge is 0.227 e. The maximum absolute atomic E-state index is 12.8. The average Bonchev–Trinajstić information content (AvgIpc) is 2.96. The van der Waals surface area contributed by atoms with Crippen molar-refractivity contribution in [1.82, 2.24) is 15.2 Å². The number of aryl methyl sites for hydroxylation is 1. The van der Waals surface area contributed by atoms with Crippen molar-refractivity contribution in [3.8, 4) is 0 Å². The Labute approximate surface area is 167 Å². The molecule has 0 spiro atoms. The number of fused-ring (bicyclic) bond motifs is 1. The van der Waals surface area contributed by atoms with Gasteiger partial charge in [0, 0.05) is 32.4 Å². The zero-order valence-electron chi connectivity index (χ0n) is 16.7. The first kappa shape index (κ1) is 18.9. The second-order valence-electron chi connectivity index (χ2n) is 8.03. The summed E-state index contributed by atoms with van der Waals surface area (Å²) in [5, 5.41) is 3.13. The molecular weight excluding hydrogens is 348 g/mol. The molecule has 0 unspecified atom stereocenters. The van der Waals surface area contributed by atoms with Crippen LogP contribution in [-0.4, -0.2) is 49.0 Å². The molecule has 4 rings (SSSR count). The summed E-state index contributed by atoms with van der Waals surface area (Å²) >= 11 is 0. The van der Waals surface area contributed by atoms with Crippen LogP contribution >= 0.6 is 0 Å². The van der Waals surface area contributed by atoms with Crippen LogP contribution in [0.25, 0.3) is 0 Å². The van der Waals surface area contributed by atoms with Crippen LogP contribution in [0.5, 0.6) is 0 Å². The lowest BCUT2D eigenvalue weighted by atomic mass is 9.82. The highest BCUT2D eigenvalue weighted by atomic mass is 16.1. The number of anilines is 1. The number of hydrogen-bond donors (Lipinski definition) is 1. The van der Waals surface area contributed by atoms with E-state index >= 15 is 0 Å². The first-order valence-electron chi connectivity index (χ1n) is 10.4. The third kappa shape index (κ3) is 4.36. The van der Waals surface area contributed by atoms with Crippen LogP contribution in [-0.2, 0) is 17.8 Å². The van der Waals surface area contributed by atoms with Gasteiger partial charge >= 0.3 is 0 Å². The summed E-state index contributed by atoms with van der Waals surface area (Å²) in [4.78, 5) is 22.1. The molecule has 1 aliphatic heterocycles. The van der Waals surface area contributed by atoms with E-state index in [1.807, 2.05) is 12.3 Å². The fourth-order valence-corrected chi connectivity index (χ4v) is 4.32. The summed E-state index contributed by atoms with van der Waals surface area (Å²) < 4.78 is 0. The number of nitrogens with one attached hydrogen (secondary N) is 1. The molecule has 1 aromatic carbocycles. The van der Waals surface area contributed by atoms with E-state index in [2.05, 4.69) is 57.5 Å². The maximum atomic E-state index is 12.8. The van der Waals surface area contributed by atoms with Crippen molar-refractivity contribution in [2.75, 3.05) is 38.1 Å². The van der Waals surface area contributed by atoms with E-state index < -0.39 is 0 Å². The van der Waals surface area contributed by atoms with Gasteiger partial charge in [-0.25, -0.2) is 4.98 Å². The second-order valence-corrected chi connectivity index (χ2v) is 8.03. The summed E-state index contributed by atoms with van der Waals surface area (Å²) in [6.07, 6.45) is 6.16. The molecule has 2 aromatic rings. The van der Waals surface area contributed by atoms with Crippen molar-refractivity contribution in [2.45, 2.75) is 38.1 Å². The predicted molar refractivity (Wildman–Crippen MR) is 113 cm³/mol. The van der Waals surface area contributed by atoms with Crippen LogP contribution in [0.2, 0.25) is 0 Å². The number of likely N-dealkylation sites (N-methyl/N-ethyl adjacent to an activating group) is 1. The van der Waals surface area contributed by atoms with E-state index in [9.17, 15) is 4.79 Å². The summed E-state index contributed by atoms with van der Waals surface area (Å²) in [5.41, 5.74) is 3.57. The predicted octanol–water partition coefficient (Wildman–Crippen LogP) is 2.96. The molecule has 0 radical (unpaired) electrons. The van der Waals surface area contributed by atoms with Crippen LogP contribution in [0.4, 0.5) is 5.82 Å². The van der Waals surface area contributed by atoms with Gasteiger partial charge in [-0.2, -0.15) is 0 Å². The van der Waals surface area contributed by atoms with Gasteiger partial charge in [-0.1, -0.05) is 30.3 Å². The molecule has 0 saturated carbocycles. The van der Waals surface area contributed by atoms with Crippen molar-refractivity contribution >= 4 is 11.7 Å².